The van der Waals surface area contributed by atoms with Crippen LogP contribution in [0, 0.1) is 0 Å². The zero-order valence-electron chi connectivity index (χ0n) is 8.50. The molecule has 0 amide bonds. The van der Waals surface area contributed by atoms with Gasteiger partial charge in [0.2, 0.25) is 0 Å². The summed E-state index contributed by atoms with van der Waals surface area (Å²) >= 11 is 0. The fourth-order valence-electron chi connectivity index (χ4n) is 1.41. The van der Waals surface area contributed by atoms with Crippen LogP contribution in [0.4, 0.5) is 0 Å². The molecule has 1 rings (SSSR count). The summed E-state index contributed by atoms with van der Waals surface area (Å²) < 4.78 is 0. The minimum absolute atomic E-state index is 0.308. The Morgan fingerprint density at radius 3 is 2.92 bits per heavy atom. The fourth-order valence-corrected chi connectivity index (χ4v) is 1.41. The van der Waals surface area contributed by atoms with Crippen molar-refractivity contribution >= 4 is 0 Å². The third kappa shape index (κ3) is 5.06. The van der Waals surface area contributed by atoms with Crippen LogP contribution >= 0.6 is 0 Å². The van der Waals surface area contributed by atoms with Crippen molar-refractivity contribution in [2.75, 3.05) is 6.61 Å². The molecule has 0 aliphatic carbocycles. The first-order chi connectivity index (χ1) is 6.43. The maximum Gasteiger partial charge on any atom is 0.0987 e. The normalized spacial score (nSPS) is 23.0. The van der Waals surface area contributed by atoms with Crippen LogP contribution in [0.1, 0.15) is 45.4 Å². The SMILES string of the molecule is CCCCC/C=C\C[C@@H]1CCOO1. The third-order valence-corrected chi connectivity index (χ3v) is 2.27. The Labute approximate surface area is 80.8 Å². The minimum Gasteiger partial charge on any atom is -0.236 e. The van der Waals surface area contributed by atoms with E-state index in [0.717, 1.165) is 19.4 Å². The zero-order valence-corrected chi connectivity index (χ0v) is 8.50. The van der Waals surface area contributed by atoms with E-state index in [1.165, 1.54) is 25.7 Å². The average molecular weight is 184 g/mol. The van der Waals surface area contributed by atoms with Gasteiger partial charge < -0.3 is 0 Å². The van der Waals surface area contributed by atoms with Gasteiger partial charge in [-0.3, -0.25) is 0 Å². The molecule has 76 valence electrons. The second-order valence-corrected chi connectivity index (χ2v) is 3.53. The Kier molecular flexibility index (Phi) is 5.87. The highest BCUT2D eigenvalue weighted by molar-refractivity contribution is 4.84. The molecule has 2 nitrogen and oxygen atoms in total. The third-order valence-electron chi connectivity index (χ3n) is 2.27. The van der Waals surface area contributed by atoms with E-state index >= 15 is 0 Å². The lowest BCUT2D eigenvalue weighted by molar-refractivity contribution is -0.273. The second kappa shape index (κ2) is 7.10. The maximum absolute atomic E-state index is 5.03. The Balaban J connectivity index is 1.91. The van der Waals surface area contributed by atoms with Crippen LogP contribution in [0.3, 0.4) is 0 Å². The molecule has 2 heteroatoms. The lowest BCUT2D eigenvalue weighted by Crippen LogP contribution is -2.01. The van der Waals surface area contributed by atoms with E-state index in [9.17, 15) is 0 Å². The monoisotopic (exact) mass is 184 g/mol. The highest BCUT2D eigenvalue weighted by atomic mass is 17.2. The summed E-state index contributed by atoms with van der Waals surface area (Å²) in [6, 6.07) is 0. The topological polar surface area (TPSA) is 18.5 Å². The number of allylic oxidation sites excluding steroid dienone is 1. The van der Waals surface area contributed by atoms with E-state index in [1.807, 2.05) is 0 Å². The Hall–Kier alpha value is -0.340. The largest absolute Gasteiger partial charge is 0.236 e. The lowest BCUT2D eigenvalue weighted by Gasteiger charge is -2.00. The van der Waals surface area contributed by atoms with Crippen molar-refractivity contribution in [3.8, 4) is 0 Å². The molecule has 0 aromatic heterocycles. The summed E-state index contributed by atoms with van der Waals surface area (Å²) in [5.74, 6) is 0. The molecule has 0 bridgehead atoms. The average Bonchev–Trinajstić information content (AvgIpc) is 2.63. The maximum atomic E-state index is 5.03. The molecular weight excluding hydrogens is 164 g/mol. The van der Waals surface area contributed by atoms with E-state index in [1.54, 1.807) is 0 Å². The lowest BCUT2D eigenvalue weighted by atomic mass is 10.1. The first kappa shape index (κ1) is 10.7. The van der Waals surface area contributed by atoms with Gasteiger partial charge in [-0.05, 0) is 19.3 Å². The van der Waals surface area contributed by atoms with Gasteiger partial charge in [0.05, 0.1) is 12.7 Å². The van der Waals surface area contributed by atoms with E-state index in [0.29, 0.717) is 6.10 Å². The molecule has 13 heavy (non-hydrogen) atoms. The Morgan fingerprint density at radius 2 is 2.23 bits per heavy atom. The van der Waals surface area contributed by atoms with E-state index in [2.05, 4.69) is 19.1 Å². The van der Waals surface area contributed by atoms with Crippen LogP contribution in [-0.4, -0.2) is 12.7 Å². The molecule has 1 fully saturated rings. The molecular formula is C11H20O2. The quantitative estimate of drug-likeness (QED) is 0.358. The van der Waals surface area contributed by atoms with Crippen molar-refractivity contribution < 1.29 is 9.78 Å². The van der Waals surface area contributed by atoms with Crippen molar-refractivity contribution in [2.24, 2.45) is 0 Å². The van der Waals surface area contributed by atoms with Gasteiger partial charge >= 0.3 is 0 Å². The molecule has 0 radical (unpaired) electrons. The minimum atomic E-state index is 0.308. The second-order valence-electron chi connectivity index (χ2n) is 3.53. The van der Waals surface area contributed by atoms with Gasteiger partial charge in [0.1, 0.15) is 0 Å². The predicted octanol–water partition coefficient (Wildman–Crippen LogP) is 3.23. The summed E-state index contributed by atoms with van der Waals surface area (Å²) in [5.41, 5.74) is 0. The van der Waals surface area contributed by atoms with E-state index in [-0.39, 0.29) is 0 Å². The first-order valence-electron chi connectivity index (χ1n) is 5.36. The Bertz CT molecular complexity index is 137. The van der Waals surface area contributed by atoms with Gasteiger partial charge in [0.25, 0.3) is 0 Å². The van der Waals surface area contributed by atoms with Gasteiger partial charge in [0.15, 0.2) is 0 Å². The number of unbranched alkanes of at least 4 members (excludes halogenated alkanes) is 3. The van der Waals surface area contributed by atoms with Crippen LogP contribution in [0.2, 0.25) is 0 Å². The summed E-state index contributed by atoms with van der Waals surface area (Å²) in [6.07, 6.45) is 12.0. The number of hydrogen-bond donors (Lipinski definition) is 0. The standard InChI is InChI=1S/C11H20O2/c1-2-3-4-5-6-7-8-11-9-10-12-13-11/h6-7,11H,2-5,8-10H2,1H3/b7-6-/t11-/m1/s1. The van der Waals surface area contributed by atoms with Crippen molar-refractivity contribution in [1.29, 1.82) is 0 Å². The summed E-state index contributed by atoms with van der Waals surface area (Å²) in [7, 11) is 0. The van der Waals surface area contributed by atoms with Gasteiger partial charge in [0, 0.05) is 6.42 Å². The summed E-state index contributed by atoms with van der Waals surface area (Å²) in [5, 5.41) is 0. The van der Waals surface area contributed by atoms with Crippen molar-refractivity contribution in [3.05, 3.63) is 12.2 Å². The molecule has 0 aromatic carbocycles. The molecule has 1 aliphatic heterocycles. The van der Waals surface area contributed by atoms with Crippen LogP contribution in [0.5, 0.6) is 0 Å². The number of hydrogen-bond acceptors (Lipinski definition) is 2. The highest BCUT2D eigenvalue weighted by Crippen LogP contribution is 2.13. The van der Waals surface area contributed by atoms with Crippen molar-refractivity contribution in [2.45, 2.75) is 51.6 Å². The molecule has 1 atom stereocenters. The predicted molar refractivity (Wildman–Crippen MR) is 53.3 cm³/mol. The van der Waals surface area contributed by atoms with Crippen LogP contribution in [-0.2, 0) is 9.78 Å². The first-order valence-corrected chi connectivity index (χ1v) is 5.36. The molecule has 0 aromatic rings. The molecule has 0 N–H and O–H groups in total. The van der Waals surface area contributed by atoms with Crippen molar-refractivity contribution in [1.82, 2.24) is 0 Å². The summed E-state index contributed by atoms with van der Waals surface area (Å²) in [6.45, 7) is 2.99. The van der Waals surface area contributed by atoms with Gasteiger partial charge in [-0.1, -0.05) is 31.9 Å². The number of rotatable bonds is 6. The molecule has 1 heterocycles. The van der Waals surface area contributed by atoms with Crippen LogP contribution in [0.15, 0.2) is 12.2 Å². The summed E-state index contributed by atoms with van der Waals surface area (Å²) in [4.78, 5) is 9.85. The molecule has 0 unspecified atom stereocenters. The van der Waals surface area contributed by atoms with Gasteiger partial charge in [-0.25, -0.2) is 9.78 Å². The molecule has 1 saturated heterocycles. The van der Waals surface area contributed by atoms with Gasteiger partial charge in [-0.2, -0.15) is 0 Å². The zero-order chi connectivity index (χ0) is 9.36. The molecule has 0 saturated carbocycles. The fraction of sp³-hybridized carbons (Fsp3) is 0.818. The van der Waals surface area contributed by atoms with Crippen LogP contribution < -0.4 is 0 Å². The van der Waals surface area contributed by atoms with Crippen LogP contribution in [0.25, 0.3) is 0 Å². The highest BCUT2D eigenvalue weighted by Gasteiger charge is 2.14. The van der Waals surface area contributed by atoms with E-state index < -0.39 is 0 Å². The molecule has 0 spiro atoms. The van der Waals surface area contributed by atoms with Gasteiger partial charge in [-0.15, -0.1) is 0 Å². The molecule has 1 aliphatic rings. The smallest absolute Gasteiger partial charge is 0.0987 e. The van der Waals surface area contributed by atoms with Crippen molar-refractivity contribution in [3.63, 3.8) is 0 Å². The van der Waals surface area contributed by atoms with E-state index in [4.69, 9.17) is 9.78 Å². The Morgan fingerprint density at radius 1 is 1.31 bits per heavy atom.